The van der Waals surface area contributed by atoms with Gasteiger partial charge in [0.1, 0.15) is 12.4 Å². The van der Waals surface area contributed by atoms with Crippen LogP contribution in [0.1, 0.15) is 15.9 Å². The third-order valence-electron chi connectivity index (χ3n) is 4.24. The number of aromatic nitrogens is 3. The van der Waals surface area contributed by atoms with Crippen molar-refractivity contribution in [1.29, 1.82) is 0 Å². The van der Waals surface area contributed by atoms with Gasteiger partial charge in [0.05, 0.1) is 16.3 Å². The smallest absolute Gasteiger partial charge is 0.340 e. The predicted molar refractivity (Wildman–Crippen MR) is 108 cm³/mol. The lowest BCUT2D eigenvalue weighted by Gasteiger charge is -2.13. The Kier molecular flexibility index (Phi) is 5.81. The van der Waals surface area contributed by atoms with Crippen LogP contribution in [0.5, 0.6) is 0 Å². The largest absolute Gasteiger partial charge is 0.457 e. The molecule has 0 saturated carbocycles. The maximum absolute atomic E-state index is 14.6. The molecule has 7 nitrogen and oxygen atoms in total. The molecule has 1 aromatic heterocycles. The summed E-state index contributed by atoms with van der Waals surface area (Å²) in [5.74, 6) is -1.78. The van der Waals surface area contributed by atoms with Crippen LogP contribution < -0.4 is 11.4 Å². The van der Waals surface area contributed by atoms with E-state index in [4.69, 9.17) is 28.6 Å². The van der Waals surface area contributed by atoms with Crippen LogP contribution in [0.4, 0.5) is 4.39 Å². The lowest BCUT2D eigenvalue weighted by atomic mass is 10.2. The van der Waals surface area contributed by atoms with Crippen LogP contribution in [0.25, 0.3) is 5.69 Å². The average Bonchev–Trinajstić information content (AvgIpc) is 2.71. The molecule has 0 aliphatic heterocycles. The van der Waals surface area contributed by atoms with E-state index in [-0.39, 0.29) is 22.0 Å². The highest BCUT2D eigenvalue weighted by molar-refractivity contribution is 7.71. The first-order valence-electron chi connectivity index (χ1n) is 8.32. The van der Waals surface area contributed by atoms with Gasteiger partial charge in [-0.2, -0.15) is 0 Å². The molecule has 0 fully saturated rings. The van der Waals surface area contributed by atoms with Gasteiger partial charge in [0.15, 0.2) is 4.77 Å². The first-order valence-corrected chi connectivity index (χ1v) is 9.10. The Hall–Kier alpha value is -3.04. The predicted octanol–water partition coefficient (Wildman–Crippen LogP) is 2.75. The second kappa shape index (κ2) is 8.14. The van der Waals surface area contributed by atoms with Gasteiger partial charge < -0.3 is 4.74 Å². The van der Waals surface area contributed by atoms with E-state index in [0.717, 1.165) is 26.8 Å². The zero-order valence-corrected chi connectivity index (χ0v) is 17.0. The van der Waals surface area contributed by atoms with E-state index in [9.17, 15) is 18.8 Å². The molecule has 3 aromatic rings. The van der Waals surface area contributed by atoms with Gasteiger partial charge in [-0.1, -0.05) is 41.9 Å². The first kappa shape index (κ1) is 20.7. The number of hydrogen-bond donors (Lipinski definition) is 0. The van der Waals surface area contributed by atoms with Gasteiger partial charge in [-0.25, -0.2) is 23.3 Å². The van der Waals surface area contributed by atoms with Crippen LogP contribution in [0.15, 0.2) is 52.1 Å². The molecule has 10 heteroatoms. The van der Waals surface area contributed by atoms with Gasteiger partial charge in [0.2, 0.25) is 0 Å². The van der Waals surface area contributed by atoms with E-state index in [0.29, 0.717) is 4.57 Å². The van der Waals surface area contributed by atoms with E-state index in [1.54, 1.807) is 24.3 Å². The number of nitrogens with zero attached hydrogens (tertiary/aromatic N) is 3. The first-order chi connectivity index (χ1) is 13.7. The van der Waals surface area contributed by atoms with E-state index in [1.807, 2.05) is 6.07 Å². The highest BCUT2D eigenvalue weighted by Gasteiger charge is 2.20. The van der Waals surface area contributed by atoms with Gasteiger partial charge in [-0.05, 0) is 29.9 Å². The normalized spacial score (nSPS) is 10.8. The van der Waals surface area contributed by atoms with E-state index in [1.165, 1.54) is 14.1 Å². The second-order valence-electron chi connectivity index (χ2n) is 6.15. The Labute approximate surface area is 174 Å². The standard InChI is InChI=1S/C19H15ClFN3O4S/c1-22-17(26)24(18(27)23(2)19(22)29)15-8-12(13(20)9-14(15)21)16(25)28-10-11-6-4-3-5-7-11/h3-9H,10H2,1-2H3. The monoisotopic (exact) mass is 435 g/mol. The van der Waals surface area contributed by atoms with Gasteiger partial charge >= 0.3 is 17.3 Å². The zero-order valence-electron chi connectivity index (χ0n) is 15.4. The van der Waals surface area contributed by atoms with E-state index >= 15 is 0 Å². The number of carbonyl (C=O) groups is 1. The fourth-order valence-electron chi connectivity index (χ4n) is 2.64. The summed E-state index contributed by atoms with van der Waals surface area (Å²) in [7, 11) is 2.70. The number of rotatable bonds is 4. The van der Waals surface area contributed by atoms with Crippen molar-refractivity contribution in [1.82, 2.24) is 13.7 Å². The third-order valence-corrected chi connectivity index (χ3v) is 5.10. The number of hydrogen-bond acceptors (Lipinski definition) is 5. The Bertz CT molecular complexity index is 1240. The molecule has 0 spiro atoms. The van der Waals surface area contributed by atoms with Crippen molar-refractivity contribution in [3.05, 3.63) is 90.2 Å². The van der Waals surface area contributed by atoms with Crippen LogP contribution in [-0.2, 0) is 25.4 Å². The molecule has 1 heterocycles. The summed E-state index contributed by atoms with van der Waals surface area (Å²) in [5.41, 5.74) is -1.58. The van der Waals surface area contributed by atoms with Gasteiger partial charge in [-0.3, -0.25) is 9.13 Å². The molecular weight excluding hydrogens is 421 g/mol. The SMILES string of the molecule is Cn1c(=S)n(C)c(=O)n(-c2cc(C(=O)OCc3ccccc3)c(Cl)cc2F)c1=O. The molecule has 0 N–H and O–H groups in total. The molecule has 0 amide bonds. The molecular formula is C19H15ClFN3O4S. The van der Waals surface area contributed by atoms with Crippen molar-refractivity contribution in [2.45, 2.75) is 6.61 Å². The van der Waals surface area contributed by atoms with Crippen LogP contribution in [0.3, 0.4) is 0 Å². The summed E-state index contributed by atoms with van der Waals surface area (Å²) < 4.78 is 22.4. The molecule has 150 valence electrons. The minimum absolute atomic E-state index is 0.0238. The molecule has 3 rings (SSSR count). The van der Waals surface area contributed by atoms with Crippen molar-refractivity contribution >= 4 is 29.8 Å². The molecule has 0 aliphatic rings. The number of halogens is 2. The van der Waals surface area contributed by atoms with E-state index in [2.05, 4.69) is 0 Å². The van der Waals surface area contributed by atoms with Gasteiger partial charge in [-0.15, -0.1) is 0 Å². The highest BCUT2D eigenvalue weighted by Crippen LogP contribution is 2.23. The lowest BCUT2D eigenvalue weighted by Crippen LogP contribution is -2.43. The summed E-state index contributed by atoms with van der Waals surface area (Å²) in [6, 6.07) is 10.8. The molecule has 2 aromatic carbocycles. The highest BCUT2D eigenvalue weighted by atomic mass is 35.5. The van der Waals surface area contributed by atoms with E-state index < -0.39 is 28.9 Å². The minimum Gasteiger partial charge on any atom is -0.457 e. The molecule has 0 aliphatic carbocycles. The molecule has 0 bridgehead atoms. The summed E-state index contributed by atoms with van der Waals surface area (Å²) in [5, 5.41) is -0.210. The average molecular weight is 436 g/mol. The number of esters is 1. The third kappa shape index (κ3) is 3.92. The quantitative estimate of drug-likeness (QED) is 0.465. The van der Waals surface area contributed by atoms with Crippen molar-refractivity contribution in [2.24, 2.45) is 14.1 Å². The molecule has 0 unspecified atom stereocenters. The summed E-state index contributed by atoms with van der Waals surface area (Å²) >= 11 is 11.0. The fourth-order valence-corrected chi connectivity index (χ4v) is 3.03. The van der Waals surface area contributed by atoms with Crippen molar-refractivity contribution in [3.63, 3.8) is 0 Å². The molecule has 29 heavy (non-hydrogen) atoms. The number of carbonyl (C=O) groups excluding carboxylic acids is 1. The van der Waals surface area contributed by atoms with Crippen molar-refractivity contribution in [2.75, 3.05) is 0 Å². The summed E-state index contributed by atoms with van der Waals surface area (Å²) in [4.78, 5) is 37.5. The molecule has 0 saturated heterocycles. The summed E-state index contributed by atoms with van der Waals surface area (Å²) in [6.45, 7) is -0.0238. The van der Waals surface area contributed by atoms with Crippen molar-refractivity contribution < 1.29 is 13.9 Å². The Morgan fingerprint density at radius 1 is 1.10 bits per heavy atom. The minimum atomic E-state index is -0.953. The lowest BCUT2D eigenvalue weighted by molar-refractivity contribution is 0.0473. The van der Waals surface area contributed by atoms with Crippen molar-refractivity contribution in [3.8, 4) is 5.69 Å². The maximum atomic E-state index is 14.6. The van der Waals surface area contributed by atoms with Gasteiger partial charge in [0, 0.05) is 14.1 Å². The van der Waals surface area contributed by atoms with Crippen LogP contribution >= 0.6 is 23.8 Å². The Morgan fingerprint density at radius 2 is 1.69 bits per heavy atom. The zero-order chi connectivity index (χ0) is 21.3. The number of benzene rings is 2. The molecule has 0 radical (unpaired) electrons. The summed E-state index contributed by atoms with van der Waals surface area (Å²) in [6.07, 6.45) is 0. The number of ether oxygens (including phenoxy) is 1. The molecule has 0 atom stereocenters. The second-order valence-corrected chi connectivity index (χ2v) is 6.92. The van der Waals surface area contributed by atoms with Gasteiger partial charge in [0.25, 0.3) is 0 Å². The Morgan fingerprint density at radius 3 is 2.28 bits per heavy atom. The van der Waals surface area contributed by atoms with Crippen LogP contribution in [0.2, 0.25) is 5.02 Å². The maximum Gasteiger partial charge on any atom is 0.340 e. The van der Waals surface area contributed by atoms with Crippen LogP contribution in [0, 0.1) is 10.6 Å². The topological polar surface area (TPSA) is 75.2 Å². The fraction of sp³-hybridized carbons (Fsp3) is 0.158. The van der Waals surface area contributed by atoms with Crippen LogP contribution in [-0.4, -0.2) is 19.7 Å². The Balaban J connectivity index is 2.08.